The molecule has 1 aliphatic rings. The van der Waals surface area contributed by atoms with Crippen LogP contribution in [0.25, 0.3) is 0 Å². The number of ether oxygens (including phenoxy) is 1. The normalized spacial score (nSPS) is 18.0. The molecule has 19 heavy (non-hydrogen) atoms. The lowest BCUT2D eigenvalue weighted by atomic mass is 10.1. The average Bonchev–Trinajstić information content (AvgIpc) is 2.57. The van der Waals surface area contributed by atoms with E-state index in [1.165, 1.54) is 17.0 Å². The molecular formula is C12H14N2O5. The zero-order valence-electron chi connectivity index (χ0n) is 10.3. The van der Waals surface area contributed by atoms with Gasteiger partial charge in [0.05, 0.1) is 12.6 Å². The molecule has 0 saturated carbocycles. The van der Waals surface area contributed by atoms with Crippen molar-refractivity contribution in [1.29, 1.82) is 0 Å². The lowest BCUT2D eigenvalue weighted by molar-refractivity contribution is 0.0706. The number of carboxylic acid groups (broad SMARTS) is 1. The Labute approximate surface area is 109 Å². The van der Waals surface area contributed by atoms with Gasteiger partial charge >= 0.3 is 6.09 Å². The number of rotatable bonds is 1. The van der Waals surface area contributed by atoms with Gasteiger partial charge in [-0.25, -0.2) is 10.3 Å². The maximum absolute atomic E-state index is 11.3. The van der Waals surface area contributed by atoms with Crippen LogP contribution >= 0.6 is 0 Å². The highest BCUT2D eigenvalue weighted by Crippen LogP contribution is 2.26. The van der Waals surface area contributed by atoms with Gasteiger partial charge < -0.3 is 9.84 Å². The van der Waals surface area contributed by atoms with Gasteiger partial charge in [0, 0.05) is 11.1 Å². The molecule has 0 aliphatic carbocycles. The molecule has 0 bridgehead atoms. The van der Waals surface area contributed by atoms with Crippen LogP contribution in [-0.2, 0) is 6.54 Å². The molecule has 102 valence electrons. The SMILES string of the molecule is C[C@H]1COc2cc(C(=O)NO)ccc2CN1C(=O)O. The number of amides is 2. The highest BCUT2D eigenvalue weighted by atomic mass is 16.5. The molecule has 0 aromatic heterocycles. The van der Waals surface area contributed by atoms with Crippen molar-refractivity contribution in [1.82, 2.24) is 10.4 Å². The number of benzene rings is 1. The number of nitrogens with one attached hydrogen (secondary N) is 1. The van der Waals surface area contributed by atoms with E-state index in [1.807, 2.05) is 0 Å². The van der Waals surface area contributed by atoms with Crippen LogP contribution in [0.15, 0.2) is 18.2 Å². The van der Waals surface area contributed by atoms with Crippen LogP contribution < -0.4 is 10.2 Å². The Balaban J connectivity index is 2.33. The van der Waals surface area contributed by atoms with E-state index in [1.54, 1.807) is 18.5 Å². The van der Waals surface area contributed by atoms with Crippen molar-refractivity contribution in [3.63, 3.8) is 0 Å². The lowest BCUT2D eigenvalue weighted by Gasteiger charge is -2.22. The van der Waals surface area contributed by atoms with Crippen LogP contribution in [0.1, 0.15) is 22.8 Å². The van der Waals surface area contributed by atoms with E-state index < -0.39 is 12.0 Å². The first-order valence-corrected chi connectivity index (χ1v) is 5.72. The molecule has 0 spiro atoms. The standard InChI is InChI=1S/C12H14N2O5/c1-7-6-19-10-4-8(11(15)13-18)2-3-9(10)5-14(7)12(16)17/h2-4,7,18H,5-6H2,1H3,(H,13,15)(H,16,17)/t7-/m0/s1. The summed E-state index contributed by atoms with van der Waals surface area (Å²) in [5.41, 5.74) is 2.47. The fourth-order valence-electron chi connectivity index (χ4n) is 1.92. The molecule has 0 fully saturated rings. The number of carbonyl (C=O) groups excluding carboxylic acids is 1. The Hall–Kier alpha value is -2.28. The summed E-state index contributed by atoms with van der Waals surface area (Å²) in [5, 5.41) is 17.7. The summed E-state index contributed by atoms with van der Waals surface area (Å²) in [6, 6.07) is 4.33. The van der Waals surface area contributed by atoms with Crippen LogP contribution in [0.2, 0.25) is 0 Å². The van der Waals surface area contributed by atoms with E-state index in [9.17, 15) is 9.59 Å². The molecule has 7 nitrogen and oxygen atoms in total. The Morgan fingerprint density at radius 1 is 1.47 bits per heavy atom. The Morgan fingerprint density at radius 3 is 2.84 bits per heavy atom. The van der Waals surface area contributed by atoms with Gasteiger partial charge in [-0.05, 0) is 19.1 Å². The number of carbonyl (C=O) groups is 2. The van der Waals surface area contributed by atoms with Gasteiger partial charge in [-0.1, -0.05) is 6.07 Å². The van der Waals surface area contributed by atoms with Crippen molar-refractivity contribution >= 4 is 12.0 Å². The molecule has 3 N–H and O–H groups in total. The first-order valence-electron chi connectivity index (χ1n) is 5.72. The van der Waals surface area contributed by atoms with Crippen LogP contribution in [0, 0.1) is 0 Å². The highest BCUT2D eigenvalue weighted by Gasteiger charge is 2.25. The fraction of sp³-hybridized carbons (Fsp3) is 0.333. The van der Waals surface area contributed by atoms with Gasteiger partial charge in [-0.3, -0.25) is 14.9 Å². The molecule has 1 atom stereocenters. The van der Waals surface area contributed by atoms with E-state index in [4.69, 9.17) is 15.1 Å². The topological polar surface area (TPSA) is 99.1 Å². The van der Waals surface area contributed by atoms with E-state index >= 15 is 0 Å². The Bertz CT molecular complexity index is 517. The lowest BCUT2D eigenvalue weighted by Crippen LogP contribution is -2.38. The minimum absolute atomic E-state index is 0.201. The summed E-state index contributed by atoms with van der Waals surface area (Å²) in [5.74, 6) is -0.185. The van der Waals surface area contributed by atoms with Crippen molar-refractivity contribution < 1.29 is 24.6 Å². The summed E-state index contributed by atoms with van der Waals surface area (Å²) >= 11 is 0. The predicted octanol–water partition coefficient (Wildman–Crippen LogP) is 1.07. The fourth-order valence-corrected chi connectivity index (χ4v) is 1.92. The van der Waals surface area contributed by atoms with Gasteiger partial charge in [0.15, 0.2) is 0 Å². The molecule has 1 heterocycles. The van der Waals surface area contributed by atoms with Gasteiger partial charge in [0.2, 0.25) is 0 Å². The third-order valence-electron chi connectivity index (χ3n) is 3.03. The maximum atomic E-state index is 11.3. The average molecular weight is 266 g/mol. The summed E-state index contributed by atoms with van der Waals surface area (Å²) in [6.07, 6.45) is -1.01. The molecule has 1 aliphatic heterocycles. The molecule has 2 amide bonds. The Kier molecular flexibility index (Phi) is 3.57. The highest BCUT2D eigenvalue weighted by molar-refractivity contribution is 5.93. The largest absolute Gasteiger partial charge is 0.491 e. The zero-order valence-corrected chi connectivity index (χ0v) is 10.3. The van der Waals surface area contributed by atoms with Crippen LogP contribution in [-0.4, -0.2) is 39.9 Å². The quantitative estimate of drug-likeness (QED) is 0.521. The van der Waals surface area contributed by atoms with Crippen molar-refractivity contribution in [2.75, 3.05) is 6.61 Å². The summed E-state index contributed by atoms with van der Waals surface area (Å²) in [6.45, 7) is 2.16. The van der Waals surface area contributed by atoms with Crippen molar-refractivity contribution in [2.24, 2.45) is 0 Å². The molecule has 0 unspecified atom stereocenters. The maximum Gasteiger partial charge on any atom is 0.407 e. The van der Waals surface area contributed by atoms with Gasteiger partial charge in [-0.15, -0.1) is 0 Å². The van der Waals surface area contributed by atoms with Crippen molar-refractivity contribution in [3.05, 3.63) is 29.3 Å². The van der Waals surface area contributed by atoms with E-state index in [0.717, 1.165) is 0 Å². The molecular weight excluding hydrogens is 252 g/mol. The van der Waals surface area contributed by atoms with E-state index in [-0.39, 0.29) is 24.8 Å². The number of hydrogen-bond acceptors (Lipinski definition) is 4. The molecule has 7 heteroatoms. The molecule has 1 aromatic rings. The summed E-state index contributed by atoms with van der Waals surface area (Å²) < 4.78 is 5.51. The van der Waals surface area contributed by atoms with Crippen LogP contribution in [0.3, 0.4) is 0 Å². The first-order chi connectivity index (χ1) is 9.02. The third kappa shape index (κ3) is 2.60. The third-order valence-corrected chi connectivity index (χ3v) is 3.03. The van der Waals surface area contributed by atoms with Gasteiger partial charge in [0.25, 0.3) is 5.91 Å². The number of hydrogen-bond donors (Lipinski definition) is 3. The second-order valence-electron chi connectivity index (χ2n) is 4.33. The van der Waals surface area contributed by atoms with E-state index in [0.29, 0.717) is 11.3 Å². The molecule has 2 rings (SSSR count). The second-order valence-corrected chi connectivity index (χ2v) is 4.33. The predicted molar refractivity (Wildman–Crippen MR) is 64.2 cm³/mol. The molecule has 1 aromatic carbocycles. The second kappa shape index (κ2) is 5.15. The van der Waals surface area contributed by atoms with Crippen LogP contribution in [0.5, 0.6) is 5.75 Å². The molecule has 0 radical (unpaired) electrons. The number of hydroxylamine groups is 1. The smallest absolute Gasteiger partial charge is 0.407 e. The Morgan fingerprint density at radius 2 is 2.21 bits per heavy atom. The van der Waals surface area contributed by atoms with Crippen molar-refractivity contribution in [3.8, 4) is 5.75 Å². The minimum atomic E-state index is -1.01. The number of nitrogens with zero attached hydrogens (tertiary/aromatic N) is 1. The zero-order chi connectivity index (χ0) is 14.0. The van der Waals surface area contributed by atoms with Gasteiger partial charge in [0.1, 0.15) is 12.4 Å². The van der Waals surface area contributed by atoms with E-state index in [2.05, 4.69) is 0 Å². The number of fused-ring (bicyclic) bond motifs is 1. The summed E-state index contributed by atoms with van der Waals surface area (Å²) in [4.78, 5) is 23.7. The molecule has 0 saturated heterocycles. The van der Waals surface area contributed by atoms with Crippen molar-refractivity contribution in [2.45, 2.75) is 19.5 Å². The summed E-state index contributed by atoms with van der Waals surface area (Å²) in [7, 11) is 0. The first kappa shape index (κ1) is 13.2. The monoisotopic (exact) mass is 266 g/mol. The van der Waals surface area contributed by atoms with Gasteiger partial charge in [-0.2, -0.15) is 0 Å². The van der Waals surface area contributed by atoms with Crippen LogP contribution in [0.4, 0.5) is 4.79 Å². The minimum Gasteiger partial charge on any atom is -0.491 e.